The Hall–Kier alpha value is -2.11. The lowest BCUT2D eigenvalue weighted by Gasteiger charge is -2.10. The maximum absolute atomic E-state index is 12.3. The van der Waals surface area contributed by atoms with Crippen molar-refractivity contribution in [2.75, 3.05) is 4.90 Å². The van der Waals surface area contributed by atoms with E-state index in [9.17, 15) is 9.59 Å². The van der Waals surface area contributed by atoms with Crippen molar-refractivity contribution in [3.05, 3.63) is 57.4 Å². The summed E-state index contributed by atoms with van der Waals surface area (Å²) in [5.41, 5.74) is 0.792. The summed E-state index contributed by atoms with van der Waals surface area (Å²) in [6.45, 7) is 0. The zero-order chi connectivity index (χ0) is 14.1. The highest BCUT2D eigenvalue weighted by molar-refractivity contribution is 7.17. The SMILES string of the molecule is O=C1NC(=Cc2ccc(Cl)s2)C(=O)N1c1ccccc1. The predicted molar refractivity (Wildman–Crippen MR) is 79.8 cm³/mol. The minimum atomic E-state index is -0.449. The van der Waals surface area contributed by atoms with Crippen LogP contribution >= 0.6 is 22.9 Å². The van der Waals surface area contributed by atoms with Gasteiger partial charge in [-0.15, -0.1) is 11.3 Å². The van der Waals surface area contributed by atoms with E-state index in [4.69, 9.17) is 11.6 Å². The van der Waals surface area contributed by atoms with Gasteiger partial charge in [-0.25, -0.2) is 9.69 Å². The van der Waals surface area contributed by atoms with Crippen LogP contribution in [-0.4, -0.2) is 11.9 Å². The van der Waals surface area contributed by atoms with Gasteiger partial charge in [-0.2, -0.15) is 0 Å². The van der Waals surface area contributed by atoms with Gasteiger partial charge in [0.1, 0.15) is 5.70 Å². The number of halogens is 1. The number of anilines is 1. The van der Waals surface area contributed by atoms with E-state index in [0.717, 1.165) is 9.78 Å². The van der Waals surface area contributed by atoms with Gasteiger partial charge in [-0.3, -0.25) is 4.79 Å². The second kappa shape index (κ2) is 5.11. The van der Waals surface area contributed by atoms with E-state index in [1.54, 1.807) is 42.5 Å². The van der Waals surface area contributed by atoms with Gasteiger partial charge in [0, 0.05) is 4.88 Å². The molecule has 100 valence electrons. The first-order valence-corrected chi connectivity index (χ1v) is 7.02. The molecule has 1 aromatic heterocycles. The molecule has 0 aliphatic carbocycles. The van der Waals surface area contributed by atoms with E-state index in [0.29, 0.717) is 10.0 Å². The van der Waals surface area contributed by atoms with Crippen molar-refractivity contribution in [1.82, 2.24) is 5.32 Å². The van der Waals surface area contributed by atoms with E-state index in [1.165, 1.54) is 11.3 Å². The Kier molecular flexibility index (Phi) is 3.30. The van der Waals surface area contributed by atoms with Crippen molar-refractivity contribution in [2.45, 2.75) is 0 Å². The third-order valence-electron chi connectivity index (χ3n) is 2.77. The molecule has 1 aliphatic heterocycles. The van der Waals surface area contributed by atoms with Crippen LogP contribution < -0.4 is 10.2 Å². The summed E-state index contributed by atoms with van der Waals surface area (Å²) >= 11 is 7.18. The summed E-state index contributed by atoms with van der Waals surface area (Å²) in [5.74, 6) is -0.370. The Morgan fingerprint density at radius 1 is 1.10 bits per heavy atom. The van der Waals surface area contributed by atoms with Crippen LogP contribution in [0, 0.1) is 0 Å². The maximum atomic E-state index is 12.3. The Labute approximate surface area is 124 Å². The van der Waals surface area contributed by atoms with Gasteiger partial charge in [-0.1, -0.05) is 29.8 Å². The fourth-order valence-electron chi connectivity index (χ4n) is 1.89. The second-order valence-electron chi connectivity index (χ2n) is 4.11. The molecule has 0 atom stereocenters. The highest BCUT2D eigenvalue weighted by Crippen LogP contribution is 2.26. The summed E-state index contributed by atoms with van der Waals surface area (Å²) in [4.78, 5) is 26.1. The van der Waals surface area contributed by atoms with Gasteiger partial charge in [0.25, 0.3) is 5.91 Å². The van der Waals surface area contributed by atoms with Gasteiger partial charge in [0.15, 0.2) is 0 Å². The number of para-hydroxylation sites is 1. The largest absolute Gasteiger partial charge is 0.333 e. The number of imide groups is 1. The molecule has 0 saturated carbocycles. The number of amides is 3. The summed E-state index contributed by atoms with van der Waals surface area (Å²) < 4.78 is 0.633. The number of nitrogens with zero attached hydrogens (tertiary/aromatic N) is 1. The molecule has 0 bridgehead atoms. The van der Waals surface area contributed by atoms with Gasteiger partial charge in [0.2, 0.25) is 0 Å². The number of hydrogen-bond acceptors (Lipinski definition) is 3. The predicted octanol–water partition coefficient (Wildman–Crippen LogP) is 3.50. The molecule has 1 fully saturated rings. The average molecular weight is 305 g/mol. The lowest BCUT2D eigenvalue weighted by Crippen LogP contribution is -2.30. The lowest BCUT2D eigenvalue weighted by molar-refractivity contribution is -0.113. The highest BCUT2D eigenvalue weighted by Gasteiger charge is 2.34. The van der Waals surface area contributed by atoms with Crippen molar-refractivity contribution >= 4 is 46.6 Å². The minimum Gasteiger partial charge on any atom is -0.302 e. The second-order valence-corrected chi connectivity index (χ2v) is 5.85. The smallest absolute Gasteiger partial charge is 0.302 e. The van der Waals surface area contributed by atoms with Crippen LogP contribution in [0.25, 0.3) is 6.08 Å². The Morgan fingerprint density at radius 2 is 1.85 bits per heavy atom. The number of nitrogens with one attached hydrogen (secondary N) is 1. The first-order chi connectivity index (χ1) is 9.65. The maximum Gasteiger partial charge on any atom is 0.333 e. The molecule has 4 nitrogen and oxygen atoms in total. The molecule has 1 aromatic carbocycles. The topological polar surface area (TPSA) is 49.4 Å². The zero-order valence-electron chi connectivity index (χ0n) is 10.2. The van der Waals surface area contributed by atoms with E-state index >= 15 is 0 Å². The Morgan fingerprint density at radius 3 is 2.50 bits per heavy atom. The first kappa shape index (κ1) is 12.9. The van der Waals surface area contributed by atoms with Gasteiger partial charge >= 0.3 is 6.03 Å². The number of carbonyl (C=O) groups is 2. The highest BCUT2D eigenvalue weighted by atomic mass is 35.5. The molecule has 1 aliphatic rings. The molecular formula is C14H9ClN2O2S. The van der Waals surface area contributed by atoms with Crippen molar-refractivity contribution in [3.63, 3.8) is 0 Å². The number of benzene rings is 1. The molecular weight excluding hydrogens is 296 g/mol. The molecule has 0 unspecified atom stereocenters. The van der Waals surface area contributed by atoms with Crippen LogP contribution in [0.4, 0.5) is 10.5 Å². The van der Waals surface area contributed by atoms with Crippen LogP contribution in [0.2, 0.25) is 4.34 Å². The molecule has 2 heterocycles. The fraction of sp³-hybridized carbons (Fsp3) is 0. The zero-order valence-corrected chi connectivity index (χ0v) is 11.7. The Bertz CT molecular complexity index is 709. The van der Waals surface area contributed by atoms with Crippen LogP contribution in [0.3, 0.4) is 0 Å². The minimum absolute atomic E-state index is 0.248. The van der Waals surface area contributed by atoms with Gasteiger partial charge in [0.05, 0.1) is 10.0 Å². The molecule has 1 N–H and O–H groups in total. The third-order valence-corrected chi connectivity index (χ3v) is 3.95. The lowest BCUT2D eigenvalue weighted by atomic mass is 10.3. The summed E-state index contributed by atoms with van der Waals surface area (Å²) in [6, 6.07) is 11.9. The number of urea groups is 1. The molecule has 3 rings (SSSR count). The number of hydrogen-bond donors (Lipinski definition) is 1. The number of carbonyl (C=O) groups excluding carboxylic acids is 2. The molecule has 20 heavy (non-hydrogen) atoms. The van der Waals surface area contributed by atoms with E-state index in [-0.39, 0.29) is 11.6 Å². The van der Waals surface area contributed by atoms with E-state index in [2.05, 4.69) is 5.32 Å². The number of rotatable bonds is 2. The first-order valence-electron chi connectivity index (χ1n) is 5.83. The van der Waals surface area contributed by atoms with Crippen LogP contribution in [0.15, 0.2) is 48.2 Å². The molecule has 6 heteroatoms. The van der Waals surface area contributed by atoms with Crippen molar-refractivity contribution < 1.29 is 9.59 Å². The van der Waals surface area contributed by atoms with Crippen LogP contribution in [0.1, 0.15) is 4.88 Å². The summed E-state index contributed by atoms with van der Waals surface area (Å²) in [7, 11) is 0. The van der Waals surface area contributed by atoms with Crippen LogP contribution in [-0.2, 0) is 4.79 Å². The molecule has 0 radical (unpaired) electrons. The third kappa shape index (κ3) is 2.33. The number of thiophene rings is 1. The molecule has 1 saturated heterocycles. The van der Waals surface area contributed by atoms with Gasteiger partial charge in [-0.05, 0) is 30.3 Å². The van der Waals surface area contributed by atoms with Crippen molar-refractivity contribution in [1.29, 1.82) is 0 Å². The summed E-state index contributed by atoms with van der Waals surface area (Å²) in [5, 5.41) is 2.57. The molecule has 3 amide bonds. The van der Waals surface area contributed by atoms with Crippen molar-refractivity contribution in [2.24, 2.45) is 0 Å². The average Bonchev–Trinajstić information content (AvgIpc) is 2.96. The fourth-order valence-corrected chi connectivity index (χ4v) is 2.90. The monoisotopic (exact) mass is 304 g/mol. The van der Waals surface area contributed by atoms with Gasteiger partial charge < -0.3 is 5.32 Å². The standard InChI is InChI=1S/C14H9ClN2O2S/c15-12-7-6-10(20-12)8-11-13(18)17(14(19)16-11)9-4-2-1-3-5-9/h1-8H,(H,16,19). The Balaban J connectivity index is 1.93. The van der Waals surface area contributed by atoms with Crippen LogP contribution in [0.5, 0.6) is 0 Å². The van der Waals surface area contributed by atoms with Crippen molar-refractivity contribution in [3.8, 4) is 0 Å². The summed E-state index contributed by atoms with van der Waals surface area (Å²) in [6.07, 6.45) is 1.62. The van der Waals surface area contributed by atoms with E-state index in [1.807, 2.05) is 6.07 Å². The molecule has 0 spiro atoms. The van der Waals surface area contributed by atoms with E-state index < -0.39 is 6.03 Å². The quantitative estimate of drug-likeness (QED) is 0.682. The normalized spacial score (nSPS) is 16.9. The molecule has 2 aromatic rings.